The van der Waals surface area contributed by atoms with Gasteiger partial charge in [-0.15, -0.1) is 11.3 Å². The maximum absolute atomic E-state index is 14.9. The van der Waals surface area contributed by atoms with Crippen molar-refractivity contribution in [2.45, 2.75) is 43.9 Å². The maximum Gasteiger partial charge on any atom is 0.261 e. The Morgan fingerprint density at radius 3 is 2.92 bits per heavy atom. The van der Waals surface area contributed by atoms with Gasteiger partial charge in [0, 0.05) is 17.6 Å². The van der Waals surface area contributed by atoms with E-state index in [0.717, 1.165) is 37.0 Å². The summed E-state index contributed by atoms with van der Waals surface area (Å²) >= 11 is 7.26. The standard InChI is InChI=1S/C25H25ClFN7OS/c26-22-9-8-21(36-22)25(35)32-14-4-3-5-15(10-14)34-20-11-18(23(29)31-13-28)30-12-19(20)33-24(34)16-6-1-2-7-17(16)27/h1-2,6-9,11-15,24,33H,3-5,10H2,(H,32,35)(H3,28,29,31). The fourth-order valence-corrected chi connectivity index (χ4v) is 5.92. The smallest absolute Gasteiger partial charge is 0.261 e. The third-order valence-corrected chi connectivity index (χ3v) is 7.80. The fourth-order valence-electron chi connectivity index (χ4n) is 4.97. The minimum atomic E-state index is -0.449. The van der Waals surface area contributed by atoms with Crippen molar-refractivity contribution in [1.82, 2.24) is 10.3 Å². The fraction of sp³-hybridized carbons (Fsp3) is 0.280. The van der Waals surface area contributed by atoms with E-state index in [0.29, 0.717) is 26.9 Å². The highest BCUT2D eigenvalue weighted by Crippen LogP contribution is 2.45. The Labute approximate surface area is 216 Å². The molecular weight excluding hydrogens is 501 g/mol. The number of carbonyl (C=O) groups excluding carboxylic acids is 1. The summed E-state index contributed by atoms with van der Waals surface area (Å²) in [6.45, 7) is 0. The van der Waals surface area contributed by atoms with E-state index in [4.69, 9.17) is 22.7 Å². The van der Waals surface area contributed by atoms with E-state index in [9.17, 15) is 9.18 Å². The lowest BCUT2D eigenvalue weighted by Crippen LogP contribution is -2.47. The summed E-state index contributed by atoms with van der Waals surface area (Å²) in [6.07, 6.45) is 5.43. The van der Waals surface area contributed by atoms with Gasteiger partial charge in [0.1, 0.15) is 24.0 Å². The first-order valence-corrected chi connectivity index (χ1v) is 12.8. The molecule has 3 unspecified atom stereocenters. The predicted octanol–water partition coefficient (Wildman–Crippen LogP) is 4.92. The van der Waals surface area contributed by atoms with E-state index in [1.54, 1.807) is 30.5 Å². The van der Waals surface area contributed by atoms with Gasteiger partial charge in [-0.2, -0.15) is 0 Å². The van der Waals surface area contributed by atoms with Crippen molar-refractivity contribution in [3.63, 3.8) is 0 Å². The molecule has 0 spiro atoms. The van der Waals surface area contributed by atoms with Crippen LogP contribution in [0.5, 0.6) is 0 Å². The Morgan fingerprint density at radius 1 is 1.33 bits per heavy atom. The largest absolute Gasteiger partial charge is 0.382 e. The number of rotatable bonds is 6. The molecule has 3 atom stereocenters. The van der Waals surface area contributed by atoms with Gasteiger partial charge in [-0.3, -0.25) is 15.2 Å². The van der Waals surface area contributed by atoms with Crippen LogP contribution < -0.4 is 21.3 Å². The number of carbonyl (C=O) groups is 1. The molecule has 5 N–H and O–H groups in total. The van der Waals surface area contributed by atoms with Crippen molar-refractivity contribution in [2.75, 3.05) is 10.2 Å². The molecule has 186 valence electrons. The van der Waals surface area contributed by atoms with Gasteiger partial charge in [0.05, 0.1) is 26.8 Å². The highest BCUT2D eigenvalue weighted by molar-refractivity contribution is 7.18. The van der Waals surface area contributed by atoms with Crippen LogP contribution in [0.1, 0.15) is 52.8 Å². The van der Waals surface area contributed by atoms with Crippen LogP contribution in [0.2, 0.25) is 4.34 Å². The molecule has 1 aliphatic carbocycles. The molecule has 3 heterocycles. The number of amidine groups is 1. The summed E-state index contributed by atoms with van der Waals surface area (Å²) in [5.41, 5.74) is 8.56. The van der Waals surface area contributed by atoms with Crippen LogP contribution in [0.25, 0.3) is 0 Å². The number of fused-ring (bicyclic) bond motifs is 1. The predicted molar refractivity (Wildman–Crippen MR) is 142 cm³/mol. The molecule has 3 aromatic rings. The number of thiophene rings is 1. The van der Waals surface area contributed by atoms with Crippen molar-refractivity contribution < 1.29 is 9.18 Å². The van der Waals surface area contributed by atoms with Crippen molar-refractivity contribution >= 4 is 52.4 Å². The number of halogens is 2. The SMILES string of the molecule is N=CN=C(N)c1cc2c(cn1)NC(c1ccccc1F)N2C1CCCC(NC(=O)c2ccc(Cl)s2)C1. The van der Waals surface area contributed by atoms with Crippen LogP contribution in [0.4, 0.5) is 15.8 Å². The molecule has 2 aromatic heterocycles. The minimum Gasteiger partial charge on any atom is -0.382 e. The molecule has 0 bridgehead atoms. The second kappa shape index (κ2) is 10.2. The molecular formula is C25H25ClFN7OS. The molecule has 8 nitrogen and oxygen atoms in total. The molecule has 0 saturated heterocycles. The highest BCUT2D eigenvalue weighted by Gasteiger charge is 2.39. The van der Waals surface area contributed by atoms with E-state index >= 15 is 0 Å². The van der Waals surface area contributed by atoms with Crippen LogP contribution in [-0.4, -0.2) is 35.1 Å². The van der Waals surface area contributed by atoms with E-state index in [1.165, 1.54) is 17.4 Å². The van der Waals surface area contributed by atoms with Gasteiger partial charge in [0.2, 0.25) is 0 Å². The number of anilines is 2. The van der Waals surface area contributed by atoms with Crippen LogP contribution in [0.15, 0.2) is 53.7 Å². The second-order valence-electron chi connectivity index (χ2n) is 8.80. The number of nitrogens with zero attached hydrogens (tertiary/aromatic N) is 3. The Bertz CT molecular complexity index is 1330. The number of amides is 1. The number of hydrogen-bond donors (Lipinski definition) is 4. The topological polar surface area (TPSA) is 119 Å². The van der Waals surface area contributed by atoms with Gasteiger partial charge in [-0.05, 0) is 49.9 Å². The Balaban J connectivity index is 1.46. The zero-order valence-electron chi connectivity index (χ0n) is 19.2. The molecule has 1 aromatic carbocycles. The van der Waals surface area contributed by atoms with Crippen molar-refractivity contribution in [3.8, 4) is 0 Å². The maximum atomic E-state index is 14.9. The number of aliphatic imine (C=N–C) groups is 1. The third kappa shape index (κ3) is 4.78. The number of nitrogens with one attached hydrogen (secondary N) is 3. The summed E-state index contributed by atoms with van der Waals surface area (Å²) in [5, 5.41) is 13.8. The lowest BCUT2D eigenvalue weighted by Gasteiger charge is -2.40. The average molecular weight is 526 g/mol. The number of aromatic nitrogens is 1. The molecule has 1 aliphatic heterocycles. The van der Waals surface area contributed by atoms with E-state index in [-0.39, 0.29) is 29.6 Å². The Morgan fingerprint density at radius 2 is 2.17 bits per heavy atom. The number of hydrogen-bond acceptors (Lipinski definition) is 6. The van der Waals surface area contributed by atoms with E-state index in [2.05, 4.69) is 25.5 Å². The van der Waals surface area contributed by atoms with Gasteiger partial charge in [-0.1, -0.05) is 29.8 Å². The van der Waals surface area contributed by atoms with Crippen LogP contribution in [0.3, 0.4) is 0 Å². The van der Waals surface area contributed by atoms with E-state index in [1.807, 2.05) is 12.1 Å². The monoisotopic (exact) mass is 525 g/mol. The molecule has 11 heteroatoms. The average Bonchev–Trinajstić information content (AvgIpc) is 3.48. The van der Waals surface area contributed by atoms with Crippen LogP contribution >= 0.6 is 22.9 Å². The molecule has 1 fully saturated rings. The molecule has 1 saturated carbocycles. The first-order chi connectivity index (χ1) is 17.4. The second-order valence-corrected chi connectivity index (χ2v) is 10.5. The Kier molecular flexibility index (Phi) is 6.88. The van der Waals surface area contributed by atoms with Gasteiger partial charge >= 0.3 is 0 Å². The highest BCUT2D eigenvalue weighted by atomic mass is 35.5. The van der Waals surface area contributed by atoms with Crippen LogP contribution in [0, 0.1) is 11.2 Å². The molecule has 5 rings (SSSR count). The summed E-state index contributed by atoms with van der Waals surface area (Å²) < 4.78 is 15.5. The first-order valence-electron chi connectivity index (χ1n) is 11.6. The van der Waals surface area contributed by atoms with Gasteiger partial charge in [0.15, 0.2) is 5.84 Å². The summed E-state index contributed by atoms with van der Waals surface area (Å²) in [6, 6.07) is 12.0. The number of nitrogens with two attached hydrogens (primary N) is 1. The normalized spacial score (nSPS) is 21.6. The zero-order chi connectivity index (χ0) is 25.2. The van der Waals surface area contributed by atoms with Crippen molar-refractivity contribution in [2.24, 2.45) is 10.7 Å². The molecule has 0 radical (unpaired) electrons. The molecule has 1 amide bonds. The molecule has 36 heavy (non-hydrogen) atoms. The summed E-state index contributed by atoms with van der Waals surface area (Å²) in [4.78, 5) is 23.7. The third-order valence-electron chi connectivity index (χ3n) is 6.57. The van der Waals surface area contributed by atoms with E-state index < -0.39 is 6.17 Å². The van der Waals surface area contributed by atoms with Gasteiger partial charge in [-0.25, -0.2) is 9.38 Å². The Hall–Kier alpha value is -3.50. The molecule has 2 aliphatic rings. The minimum absolute atomic E-state index is 0.0190. The van der Waals surface area contributed by atoms with Gasteiger partial charge in [0.25, 0.3) is 5.91 Å². The number of benzene rings is 1. The first kappa shape index (κ1) is 24.2. The zero-order valence-corrected chi connectivity index (χ0v) is 20.8. The summed E-state index contributed by atoms with van der Waals surface area (Å²) in [7, 11) is 0. The quantitative estimate of drug-likeness (QED) is 0.269. The van der Waals surface area contributed by atoms with Gasteiger partial charge < -0.3 is 21.3 Å². The summed E-state index contributed by atoms with van der Waals surface area (Å²) in [5.74, 6) is -0.308. The van der Waals surface area contributed by atoms with Crippen molar-refractivity contribution in [3.05, 3.63) is 74.9 Å². The number of pyridine rings is 1. The lowest BCUT2D eigenvalue weighted by molar-refractivity contribution is 0.0929. The lowest BCUT2D eigenvalue weighted by atomic mass is 9.89. The van der Waals surface area contributed by atoms with Crippen LogP contribution in [-0.2, 0) is 0 Å². The van der Waals surface area contributed by atoms with Crippen molar-refractivity contribution in [1.29, 1.82) is 5.41 Å².